The Morgan fingerprint density at radius 1 is 1.11 bits per heavy atom. The summed E-state index contributed by atoms with van der Waals surface area (Å²) >= 11 is 0. The summed E-state index contributed by atoms with van der Waals surface area (Å²) in [5.41, 5.74) is 7.55. The van der Waals surface area contributed by atoms with Gasteiger partial charge in [-0.1, -0.05) is 0 Å². The number of nitrogen functional groups attached to an aromatic ring is 1. The minimum absolute atomic E-state index is 0.162. The van der Waals surface area contributed by atoms with Crippen LogP contribution in [0.2, 0.25) is 0 Å². The van der Waals surface area contributed by atoms with Crippen LogP contribution in [0.4, 0.5) is 5.95 Å². The highest BCUT2D eigenvalue weighted by atomic mass is 15.2. The molecule has 0 amide bonds. The second-order valence-corrected chi connectivity index (χ2v) is 4.04. The molecule has 3 heterocycles. The highest BCUT2D eigenvalue weighted by Gasteiger charge is 2.08. The largest absolute Gasteiger partial charge is 0.368 e. The van der Waals surface area contributed by atoms with Gasteiger partial charge in [0.2, 0.25) is 11.9 Å². The van der Waals surface area contributed by atoms with Gasteiger partial charge in [-0.05, 0) is 18.6 Å². The Morgan fingerprint density at radius 2 is 2.00 bits per heavy atom. The van der Waals surface area contributed by atoms with Crippen molar-refractivity contribution in [1.29, 1.82) is 0 Å². The average Bonchev–Trinajstić information content (AvgIpc) is 2.92. The van der Waals surface area contributed by atoms with E-state index in [-0.39, 0.29) is 5.95 Å². The fraction of sp³-hybridized carbons (Fsp3) is 0.0833. The molecule has 19 heavy (non-hydrogen) atoms. The fourth-order valence-corrected chi connectivity index (χ4v) is 1.68. The van der Waals surface area contributed by atoms with E-state index in [1.165, 1.54) is 0 Å². The summed E-state index contributed by atoms with van der Waals surface area (Å²) in [5, 5.41) is 0. The van der Waals surface area contributed by atoms with Gasteiger partial charge in [0.1, 0.15) is 6.33 Å². The first-order valence-electron chi connectivity index (χ1n) is 5.64. The lowest BCUT2D eigenvalue weighted by atomic mass is 10.2. The minimum Gasteiger partial charge on any atom is -0.368 e. The number of rotatable bonds is 2. The predicted octanol–water partition coefficient (Wildman–Crippen LogP) is 1.01. The topological polar surface area (TPSA) is 95.4 Å². The SMILES string of the molecule is Cc1cncc(-c2nc(N)nc(-n3ccnc3)n2)c1. The van der Waals surface area contributed by atoms with E-state index in [9.17, 15) is 0 Å². The molecule has 3 aromatic rings. The Bertz CT molecular complexity index is 706. The van der Waals surface area contributed by atoms with Crippen molar-refractivity contribution in [1.82, 2.24) is 29.5 Å². The molecule has 0 aromatic carbocycles. The van der Waals surface area contributed by atoms with Crippen molar-refractivity contribution >= 4 is 5.95 Å². The zero-order valence-electron chi connectivity index (χ0n) is 10.2. The van der Waals surface area contributed by atoms with Gasteiger partial charge in [-0.15, -0.1) is 0 Å². The van der Waals surface area contributed by atoms with E-state index in [0.29, 0.717) is 11.8 Å². The summed E-state index contributed by atoms with van der Waals surface area (Å²) < 4.78 is 1.67. The molecule has 0 spiro atoms. The van der Waals surface area contributed by atoms with Crippen molar-refractivity contribution in [3.63, 3.8) is 0 Å². The third-order valence-corrected chi connectivity index (χ3v) is 2.51. The van der Waals surface area contributed by atoms with E-state index >= 15 is 0 Å². The van der Waals surface area contributed by atoms with E-state index in [0.717, 1.165) is 11.1 Å². The van der Waals surface area contributed by atoms with Crippen molar-refractivity contribution in [3.05, 3.63) is 42.7 Å². The van der Waals surface area contributed by atoms with Gasteiger partial charge < -0.3 is 5.73 Å². The van der Waals surface area contributed by atoms with Gasteiger partial charge in [0.05, 0.1) is 0 Å². The molecule has 7 nitrogen and oxygen atoms in total. The van der Waals surface area contributed by atoms with Crippen molar-refractivity contribution in [2.24, 2.45) is 0 Å². The molecule has 0 saturated heterocycles. The monoisotopic (exact) mass is 253 g/mol. The first-order chi connectivity index (χ1) is 9.22. The molecule has 0 radical (unpaired) electrons. The Morgan fingerprint density at radius 3 is 2.74 bits per heavy atom. The molecule has 0 bridgehead atoms. The molecule has 94 valence electrons. The van der Waals surface area contributed by atoms with Crippen LogP contribution in [0, 0.1) is 6.92 Å². The maximum atomic E-state index is 5.72. The van der Waals surface area contributed by atoms with Crippen LogP contribution in [0.5, 0.6) is 0 Å². The first-order valence-corrected chi connectivity index (χ1v) is 5.64. The number of aromatic nitrogens is 6. The highest BCUT2D eigenvalue weighted by Crippen LogP contribution is 2.16. The van der Waals surface area contributed by atoms with Gasteiger partial charge in [-0.3, -0.25) is 9.55 Å². The molecule has 0 fully saturated rings. The van der Waals surface area contributed by atoms with Gasteiger partial charge >= 0.3 is 0 Å². The summed E-state index contributed by atoms with van der Waals surface area (Å²) in [6, 6.07) is 1.94. The molecule has 0 aliphatic carbocycles. The Hall–Kier alpha value is -2.83. The van der Waals surface area contributed by atoms with Crippen LogP contribution in [0.3, 0.4) is 0 Å². The summed E-state index contributed by atoms with van der Waals surface area (Å²) in [6.45, 7) is 1.96. The first kappa shape index (κ1) is 11.3. The molecule has 3 rings (SSSR count). The van der Waals surface area contributed by atoms with Crippen LogP contribution >= 0.6 is 0 Å². The smallest absolute Gasteiger partial charge is 0.240 e. The number of hydrogen-bond donors (Lipinski definition) is 1. The molecular formula is C12H11N7. The number of imidazole rings is 1. The van der Waals surface area contributed by atoms with Crippen LogP contribution in [-0.2, 0) is 0 Å². The summed E-state index contributed by atoms with van der Waals surface area (Å²) in [4.78, 5) is 20.7. The summed E-state index contributed by atoms with van der Waals surface area (Å²) in [7, 11) is 0. The van der Waals surface area contributed by atoms with E-state index in [1.807, 2.05) is 13.0 Å². The van der Waals surface area contributed by atoms with Gasteiger partial charge in [0, 0.05) is 30.4 Å². The molecule has 0 aliphatic heterocycles. The maximum absolute atomic E-state index is 5.72. The third-order valence-electron chi connectivity index (χ3n) is 2.51. The number of anilines is 1. The standard InChI is InChI=1S/C12H11N7/c1-8-4-9(6-15-5-8)10-16-11(13)18-12(17-10)19-3-2-14-7-19/h2-7H,1H3,(H2,13,16,17,18). The van der Waals surface area contributed by atoms with Gasteiger partial charge in [-0.2, -0.15) is 15.0 Å². The van der Waals surface area contributed by atoms with Gasteiger partial charge in [0.15, 0.2) is 5.82 Å². The van der Waals surface area contributed by atoms with E-state index in [4.69, 9.17) is 5.73 Å². The van der Waals surface area contributed by atoms with E-state index in [1.54, 1.807) is 35.7 Å². The van der Waals surface area contributed by atoms with E-state index < -0.39 is 0 Å². The van der Waals surface area contributed by atoms with Crippen molar-refractivity contribution in [2.45, 2.75) is 6.92 Å². The third kappa shape index (κ3) is 2.25. The zero-order chi connectivity index (χ0) is 13.2. The number of hydrogen-bond acceptors (Lipinski definition) is 6. The minimum atomic E-state index is 0.162. The zero-order valence-corrected chi connectivity index (χ0v) is 10.2. The lowest BCUT2D eigenvalue weighted by molar-refractivity contribution is 0.905. The van der Waals surface area contributed by atoms with Crippen molar-refractivity contribution in [3.8, 4) is 17.3 Å². The number of pyridine rings is 1. The molecular weight excluding hydrogens is 242 g/mol. The van der Waals surface area contributed by atoms with Crippen LogP contribution in [-0.4, -0.2) is 29.5 Å². The number of nitrogens with two attached hydrogens (primary N) is 1. The quantitative estimate of drug-likeness (QED) is 0.732. The molecule has 0 unspecified atom stereocenters. The molecule has 2 N–H and O–H groups in total. The second kappa shape index (κ2) is 4.45. The Kier molecular flexibility index (Phi) is 2.64. The molecule has 0 atom stereocenters. The number of nitrogens with zero attached hydrogens (tertiary/aromatic N) is 6. The van der Waals surface area contributed by atoms with Gasteiger partial charge in [-0.25, -0.2) is 4.98 Å². The van der Waals surface area contributed by atoms with Crippen LogP contribution < -0.4 is 5.73 Å². The van der Waals surface area contributed by atoms with E-state index in [2.05, 4.69) is 24.9 Å². The van der Waals surface area contributed by atoms with Crippen molar-refractivity contribution in [2.75, 3.05) is 5.73 Å². The van der Waals surface area contributed by atoms with Crippen molar-refractivity contribution < 1.29 is 0 Å². The fourth-order valence-electron chi connectivity index (χ4n) is 1.68. The number of aryl methyl sites for hydroxylation is 1. The normalized spacial score (nSPS) is 10.6. The Labute approximate surface area is 109 Å². The van der Waals surface area contributed by atoms with Gasteiger partial charge in [0.25, 0.3) is 0 Å². The molecule has 7 heteroatoms. The maximum Gasteiger partial charge on any atom is 0.240 e. The van der Waals surface area contributed by atoms with Crippen LogP contribution in [0.15, 0.2) is 37.2 Å². The molecule has 3 aromatic heterocycles. The average molecular weight is 253 g/mol. The summed E-state index contributed by atoms with van der Waals surface area (Å²) in [5.74, 6) is 1.09. The predicted molar refractivity (Wildman–Crippen MR) is 69.3 cm³/mol. The molecule has 0 aliphatic rings. The van der Waals surface area contributed by atoms with Crippen LogP contribution in [0.1, 0.15) is 5.56 Å². The second-order valence-electron chi connectivity index (χ2n) is 4.04. The highest BCUT2D eigenvalue weighted by molar-refractivity contribution is 5.56. The molecule has 0 saturated carbocycles. The Balaban J connectivity index is 2.12. The van der Waals surface area contributed by atoms with Crippen LogP contribution in [0.25, 0.3) is 17.3 Å². The lowest BCUT2D eigenvalue weighted by Gasteiger charge is -2.05. The lowest BCUT2D eigenvalue weighted by Crippen LogP contribution is -2.06. The summed E-state index contributed by atoms with van der Waals surface area (Å²) in [6.07, 6.45) is 8.46.